The molecule has 0 amide bonds. The number of carbonyl (C=O) groups is 1. The van der Waals surface area contributed by atoms with E-state index in [1.54, 1.807) is 7.11 Å². The molecule has 2 rings (SSSR count). The summed E-state index contributed by atoms with van der Waals surface area (Å²) in [6, 6.07) is 7.80. The number of hydrogen-bond acceptors (Lipinski definition) is 3. The molecule has 1 unspecified atom stereocenters. The van der Waals surface area contributed by atoms with Crippen molar-refractivity contribution in [2.45, 2.75) is 38.3 Å². The molecule has 4 heteroatoms. The second kappa shape index (κ2) is 5.61. The number of likely N-dealkylation sites (tertiary alicyclic amines) is 1. The summed E-state index contributed by atoms with van der Waals surface area (Å²) in [6.07, 6.45) is 2.31. The molecule has 1 saturated heterocycles. The average Bonchev–Trinajstić information content (AvgIpc) is 2.83. The summed E-state index contributed by atoms with van der Waals surface area (Å²) in [6.45, 7) is 3.41. The maximum atomic E-state index is 11.6. The first-order chi connectivity index (χ1) is 9.14. The van der Waals surface area contributed by atoms with Gasteiger partial charge in [-0.1, -0.05) is 25.1 Å². The average molecular weight is 263 g/mol. The Morgan fingerprint density at radius 2 is 2.21 bits per heavy atom. The van der Waals surface area contributed by atoms with E-state index < -0.39 is 11.5 Å². The number of para-hydroxylation sites is 1. The summed E-state index contributed by atoms with van der Waals surface area (Å²) in [5.41, 5.74) is 0.340. The van der Waals surface area contributed by atoms with Crippen LogP contribution in [-0.2, 0) is 11.3 Å². The Hall–Kier alpha value is -1.55. The van der Waals surface area contributed by atoms with Gasteiger partial charge in [0, 0.05) is 12.1 Å². The highest BCUT2D eigenvalue weighted by molar-refractivity contribution is 5.79. The number of carboxylic acid groups (broad SMARTS) is 1. The predicted molar refractivity (Wildman–Crippen MR) is 73.3 cm³/mol. The molecule has 104 valence electrons. The molecule has 1 aromatic rings. The normalized spacial score (nSPS) is 23.5. The van der Waals surface area contributed by atoms with Crippen LogP contribution in [0.5, 0.6) is 5.75 Å². The Kier molecular flexibility index (Phi) is 4.10. The van der Waals surface area contributed by atoms with Gasteiger partial charge >= 0.3 is 5.97 Å². The van der Waals surface area contributed by atoms with Crippen LogP contribution in [0.2, 0.25) is 0 Å². The third-order valence-electron chi connectivity index (χ3n) is 4.16. The Balaban J connectivity index is 2.24. The van der Waals surface area contributed by atoms with E-state index in [2.05, 4.69) is 4.90 Å². The fourth-order valence-electron chi connectivity index (χ4n) is 3.00. The van der Waals surface area contributed by atoms with Gasteiger partial charge in [-0.25, -0.2) is 0 Å². The molecule has 1 atom stereocenters. The number of rotatable bonds is 5. The number of aliphatic carboxylic acids is 1. The van der Waals surface area contributed by atoms with E-state index in [9.17, 15) is 9.90 Å². The van der Waals surface area contributed by atoms with Gasteiger partial charge in [-0.15, -0.1) is 0 Å². The first kappa shape index (κ1) is 13.9. The molecular weight excluding hydrogens is 242 g/mol. The fraction of sp³-hybridized carbons (Fsp3) is 0.533. The standard InChI is InChI=1S/C15H21NO3/c1-3-15(14(17)18)9-6-10-16(15)11-12-7-4-5-8-13(12)19-2/h4-5,7-8H,3,6,9-11H2,1-2H3,(H,17,18). The number of ether oxygens (including phenoxy) is 1. The summed E-state index contributed by atoms with van der Waals surface area (Å²) in [4.78, 5) is 13.7. The zero-order valence-electron chi connectivity index (χ0n) is 11.6. The lowest BCUT2D eigenvalue weighted by atomic mass is 9.92. The van der Waals surface area contributed by atoms with E-state index in [1.165, 1.54) is 0 Å². The molecular formula is C15H21NO3. The first-order valence-corrected chi connectivity index (χ1v) is 6.74. The van der Waals surface area contributed by atoms with E-state index in [0.29, 0.717) is 13.0 Å². The van der Waals surface area contributed by atoms with Gasteiger partial charge in [0.2, 0.25) is 0 Å². The Labute approximate surface area is 114 Å². The maximum absolute atomic E-state index is 11.6. The molecule has 1 aliphatic heterocycles. The Morgan fingerprint density at radius 3 is 2.84 bits per heavy atom. The summed E-state index contributed by atoms with van der Waals surface area (Å²) in [5.74, 6) is 0.118. The highest BCUT2D eigenvalue weighted by atomic mass is 16.5. The van der Waals surface area contributed by atoms with E-state index in [4.69, 9.17) is 4.74 Å². The Bertz CT molecular complexity index is 460. The third kappa shape index (κ3) is 2.45. The van der Waals surface area contributed by atoms with Gasteiger partial charge in [0.05, 0.1) is 7.11 Å². The van der Waals surface area contributed by atoms with Gasteiger partial charge in [-0.3, -0.25) is 9.69 Å². The van der Waals surface area contributed by atoms with Crippen LogP contribution in [0.4, 0.5) is 0 Å². The molecule has 1 aliphatic rings. The van der Waals surface area contributed by atoms with Crippen LogP contribution in [0.3, 0.4) is 0 Å². The van der Waals surface area contributed by atoms with Crippen molar-refractivity contribution >= 4 is 5.97 Å². The molecule has 0 radical (unpaired) electrons. The van der Waals surface area contributed by atoms with Gasteiger partial charge in [0.1, 0.15) is 11.3 Å². The van der Waals surface area contributed by atoms with E-state index in [-0.39, 0.29) is 0 Å². The van der Waals surface area contributed by atoms with Gasteiger partial charge < -0.3 is 9.84 Å². The lowest BCUT2D eigenvalue weighted by Crippen LogP contribution is -2.49. The first-order valence-electron chi connectivity index (χ1n) is 6.74. The molecule has 0 aromatic heterocycles. The second-order valence-electron chi connectivity index (χ2n) is 5.03. The number of carboxylic acids is 1. The number of methoxy groups -OCH3 is 1. The van der Waals surface area contributed by atoms with Crippen molar-refractivity contribution in [2.75, 3.05) is 13.7 Å². The molecule has 1 aromatic carbocycles. The number of nitrogens with zero attached hydrogens (tertiary/aromatic N) is 1. The summed E-state index contributed by atoms with van der Waals surface area (Å²) in [7, 11) is 1.65. The van der Waals surface area contributed by atoms with E-state index in [0.717, 1.165) is 30.7 Å². The van der Waals surface area contributed by atoms with Crippen molar-refractivity contribution < 1.29 is 14.6 Å². The van der Waals surface area contributed by atoms with Crippen molar-refractivity contribution in [1.29, 1.82) is 0 Å². The van der Waals surface area contributed by atoms with Crippen molar-refractivity contribution in [3.63, 3.8) is 0 Å². The van der Waals surface area contributed by atoms with Gasteiger partial charge in [0.15, 0.2) is 0 Å². The lowest BCUT2D eigenvalue weighted by Gasteiger charge is -2.34. The molecule has 0 bridgehead atoms. The summed E-state index contributed by atoms with van der Waals surface area (Å²) < 4.78 is 5.34. The Morgan fingerprint density at radius 1 is 1.47 bits per heavy atom. The molecule has 1 fully saturated rings. The van der Waals surface area contributed by atoms with Crippen molar-refractivity contribution in [3.8, 4) is 5.75 Å². The van der Waals surface area contributed by atoms with Crippen LogP contribution < -0.4 is 4.74 Å². The van der Waals surface area contributed by atoms with Crippen LogP contribution in [0.25, 0.3) is 0 Å². The zero-order valence-corrected chi connectivity index (χ0v) is 11.6. The highest BCUT2D eigenvalue weighted by Gasteiger charge is 2.46. The molecule has 19 heavy (non-hydrogen) atoms. The number of hydrogen-bond donors (Lipinski definition) is 1. The minimum absolute atomic E-state index is 0.629. The van der Waals surface area contributed by atoms with Crippen molar-refractivity contribution in [2.24, 2.45) is 0 Å². The van der Waals surface area contributed by atoms with Crippen LogP contribution in [0.15, 0.2) is 24.3 Å². The van der Waals surface area contributed by atoms with Gasteiger partial charge in [0.25, 0.3) is 0 Å². The number of benzene rings is 1. The van der Waals surface area contributed by atoms with Crippen LogP contribution >= 0.6 is 0 Å². The minimum atomic E-state index is -0.707. The van der Waals surface area contributed by atoms with E-state index in [1.807, 2.05) is 31.2 Å². The molecule has 4 nitrogen and oxygen atoms in total. The molecule has 0 spiro atoms. The third-order valence-corrected chi connectivity index (χ3v) is 4.16. The maximum Gasteiger partial charge on any atom is 0.324 e. The largest absolute Gasteiger partial charge is 0.496 e. The predicted octanol–water partition coefficient (Wildman–Crippen LogP) is 2.52. The van der Waals surface area contributed by atoms with Gasteiger partial charge in [-0.2, -0.15) is 0 Å². The fourth-order valence-corrected chi connectivity index (χ4v) is 3.00. The lowest BCUT2D eigenvalue weighted by molar-refractivity contribution is -0.150. The van der Waals surface area contributed by atoms with Crippen LogP contribution in [-0.4, -0.2) is 35.2 Å². The quantitative estimate of drug-likeness (QED) is 0.887. The van der Waals surface area contributed by atoms with Gasteiger partial charge in [-0.05, 0) is 31.9 Å². The summed E-state index contributed by atoms with van der Waals surface area (Å²) >= 11 is 0. The smallest absolute Gasteiger partial charge is 0.324 e. The van der Waals surface area contributed by atoms with Crippen molar-refractivity contribution in [3.05, 3.63) is 29.8 Å². The van der Waals surface area contributed by atoms with Crippen LogP contribution in [0, 0.1) is 0 Å². The van der Waals surface area contributed by atoms with E-state index >= 15 is 0 Å². The topological polar surface area (TPSA) is 49.8 Å². The molecule has 1 N–H and O–H groups in total. The van der Waals surface area contributed by atoms with Crippen molar-refractivity contribution in [1.82, 2.24) is 4.90 Å². The molecule has 1 heterocycles. The zero-order chi connectivity index (χ0) is 13.9. The monoisotopic (exact) mass is 263 g/mol. The van der Waals surface area contributed by atoms with Crippen LogP contribution in [0.1, 0.15) is 31.7 Å². The second-order valence-corrected chi connectivity index (χ2v) is 5.03. The highest BCUT2D eigenvalue weighted by Crippen LogP contribution is 2.35. The minimum Gasteiger partial charge on any atom is -0.496 e. The molecule has 0 aliphatic carbocycles. The molecule has 0 saturated carbocycles. The summed E-state index contributed by atoms with van der Waals surface area (Å²) in [5, 5.41) is 9.57. The SMILES string of the molecule is CCC1(C(=O)O)CCCN1Cc1ccccc1OC.